The summed E-state index contributed by atoms with van der Waals surface area (Å²) < 4.78 is 26.8. The summed E-state index contributed by atoms with van der Waals surface area (Å²) in [7, 11) is 0. The number of anilines is 1. The van der Waals surface area contributed by atoms with Crippen LogP contribution in [0.1, 0.15) is 71.9 Å². The monoisotopic (exact) mass is 512 g/mol. The zero-order chi connectivity index (χ0) is 25.0. The van der Waals surface area contributed by atoms with Crippen molar-refractivity contribution in [2.24, 2.45) is 0 Å². The Morgan fingerprint density at radius 1 is 1.22 bits per heavy atom. The van der Waals surface area contributed by atoms with E-state index in [1.807, 2.05) is 0 Å². The number of aromatic nitrogens is 3. The van der Waals surface area contributed by atoms with E-state index in [0.29, 0.717) is 17.3 Å². The lowest BCUT2D eigenvalue weighted by atomic mass is 9.99. The second-order valence-electron chi connectivity index (χ2n) is 9.94. The average molecular weight is 513 g/mol. The third-order valence-corrected chi connectivity index (χ3v) is 7.73. The van der Waals surface area contributed by atoms with Crippen LogP contribution >= 0.6 is 11.6 Å². The Morgan fingerprint density at radius 2 is 1.97 bits per heavy atom. The SMILES string of the molecule is Cc1cc(C(=O)O)nc(N2[C@@H]3CC[C@H]2C[C@@H](OCc2c(-c4c(F)cccc4Cl)noc2C2CC2)C3)n1. The predicted octanol–water partition coefficient (Wildman–Crippen LogP) is 5.52. The molecule has 188 valence electrons. The van der Waals surface area contributed by atoms with Crippen LogP contribution in [0, 0.1) is 12.7 Å². The molecule has 3 aliphatic rings. The molecule has 0 radical (unpaired) electrons. The summed E-state index contributed by atoms with van der Waals surface area (Å²) in [6.45, 7) is 2.05. The van der Waals surface area contributed by atoms with Gasteiger partial charge < -0.3 is 19.3 Å². The van der Waals surface area contributed by atoms with Gasteiger partial charge in [0.2, 0.25) is 5.95 Å². The van der Waals surface area contributed by atoms with Crippen LogP contribution < -0.4 is 4.90 Å². The summed E-state index contributed by atoms with van der Waals surface area (Å²) in [5.41, 5.74) is 2.07. The molecule has 0 spiro atoms. The topological polar surface area (TPSA) is 102 Å². The Labute approximate surface area is 212 Å². The highest BCUT2D eigenvalue weighted by molar-refractivity contribution is 6.33. The van der Waals surface area contributed by atoms with E-state index in [9.17, 15) is 14.3 Å². The molecule has 1 aromatic carbocycles. The van der Waals surface area contributed by atoms with E-state index < -0.39 is 11.8 Å². The van der Waals surface area contributed by atoms with Crippen LogP contribution in [-0.4, -0.2) is 44.4 Å². The van der Waals surface area contributed by atoms with E-state index >= 15 is 0 Å². The number of rotatable bonds is 7. The van der Waals surface area contributed by atoms with Crippen molar-refractivity contribution >= 4 is 23.5 Å². The van der Waals surface area contributed by atoms with Gasteiger partial charge in [0, 0.05) is 29.3 Å². The van der Waals surface area contributed by atoms with E-state index in [1.165, 1.54) is 12.1 Å². The van der Waals surface area contributed by atoms with Gasteiger partial charge in [-0.05, 0) is 63.6 Å². The molecule has 10 heteroatoms. The number of aryl methyl sites for hydroxylation is 1. The fraction of sp³-hybridized carbons (Fsp3) is 0.462. The van der Waals surface area contributed by atoms with Gasteiger partial charge in [-0.15, -0.1) is 0 Å². The van der Waals surface area contributed by atoms with Gasteiger partial charge in [0.1, 0.15) is 17.3 Å². The van der Waals surface area contributed by atoms with Crippen molar-refractivity contribution in [3.05, 3.63) is 57.8 Å². The van der Waals surface area contributed by atoms with E-state index in [4.69, 9.17) is 20.9 Å². The highest BCUT2D eigenvalue weighted by Gasteiger charge is 2.43. The average Bonchev–Trinajstić information content (AvgIpc) is 3.54. The molecule has 1 saturated carbocycles. The molecule has 2 aromatic heterocycles. The van der Waals surface area contributed by atoms with Gasteiger partial charge in [-0.1, -0.05) is 22.8 Å². The lowest BCUT2D eigenvalue weighted by molar-refractivity contribution is 0.0144. The maximum Gasteiger partial charge on any atom is 0.354 e. The van der Waals surface area contributed by atoms with Crippen LogP contribution in [0.25, 0.3) is 11.3 Å². The number of carboxylic acids is 1. The molecule has 2 aliphatic heterocycles. The van der Waals surface area contributed by atoms with Gasteiger partial charge >= 0.3 is 5.97 Å². The molecule has 3 aromatic rings. The molecule has 36 heavy (non-hydrogen) atoms. The van der Waals surface area contributed by atoms with Crippen LogP contribution in [-0.2, 0) is 11.3 Å². The first-order valence-corrected chi connectivity index (χ1v) is 12.7. The molecule has 6 rings (SSSR count). The van der Waals surface area contributed by atoms with Crippen LogP contribution in [0.3, 0.4) is 0 Å². The number of hydrogen-bond donors (Lipinski definition) is 1. The highest BCUT2D eigenvalue weighted by Crippen LogP contribution is 2.46. The molecule has 1 aliphatic carbocycles. The van der Waals surface area contributed by atoms with Crippen molar-refractivity contribution in [2.45, 2.75) is 76.2 Å². The zero-order valence-electron chi connectivity index (χ0n) is 19.8. The van der Waals surface area contributed by atoms with Gasteiger partial charge in [-0.25, -0.2) is 19.2 Å². The number of aromatic carboxylic acids is 1. The first-order valence-electron chi connectivity index (χ1n) is 12.3. The molecule has 8 nitrogen and oxygen atoms in total. The number of halogens is 2. The Hall–Kier alpha value is -3.04. The molecular formula is C26H26ClFN4O4. The Balaban J connectivity index is 1.21. The third kappa shape index (κ3) is 4.24. The summed E-state index contributed by atoms with van der Waals surface area (Å²) in [4.78, 5) is 22.5. The number of ether oxygens (including phenoxy) is 1. The molecule has 4 heterocycles. The number of piperidine rings is 1. The van der Waals surface area contributed by atoms with Crippen LogP contribution in [0.5, 0.6) is 0 Å². The maximum atomic E-state index is 14.7. The molecule has 1 N–H and O–H groups in total. The van der Waals surface area contributed by atoms with E-state index in [2.05, 4.69) is 20.0 Å². The zero-order valence-corrected chi connectivity index (χ0v) is 20.5. The molecule has 2 bridgehead atoms. The second-order valence-corrected chi connectivity index (χ2v) is 10.3. The van der Waals surface area contributed by atoms with Gasteiger partial charge in [0.15, 0.2) is 5.69 Å². The third-order valence-electron chi connectivity index (χ3n) is 7.41. The standard InChI is InChI=1S/C26H26ClFN4O4/c1-13-9-21(25(33)34)30-26(29-13)32-15-7-8-16(32)11-17(10-15)35-12-18-23(31-36-24(18)14-5-6-14)22-19(27)3-2-4-20(22)28/h2-4,9,14-17H,5-8,10-12H2,1H3,(H,33,34)/t15-,16+,17+. The quantitative estimate of drug-likeness (QED) is 0.441. The Bertz CT molecular complexity index is 1290. The summed E-state index contributed by atoms with van der Waals surface area (Å²) in [5, 5.41) is 13.9. The number of benzene rings is 1. The van der Waals surface area contributed by atoms with Crippen molar-refractivity contribution < 1.29 is 23.6 Å². The summed E-state index contributed by atoms with van der Waals surface area (Å²) in [5.74, 6) is 0.0298. The number of hydrogen-bond acceptors (Lipinski definition) is 7. The van der Waals surface area contributed by atoms with E-state index in [-0.39, 0.29) is 47.0 Å². The van der Waals surface area contributed by atoms with Crippen molar-refractivity contribution in [3.63, 3.8) is 0 Å². The maximum absolute atomic E-state index is 14.7. The first-order chi connectivity index (χ1) is 17.4. The molecule has 3 fully saturated rings. The fourth-order valence-corrected chi connectivity index (χ4v) is 5.87. The van der Waals surface area contributed by atoms with Crippen LogP contribution in [0.4, 0.5) is 10.3 Å². The molecular weight excluding hydrogens is 487 g/mol. The number of fused-ring (bicyclic) bond motifs is 2. The Kier molecular flexibility index (Phi) is 5.92. The molecule has 0 unspecified atom stereocenters. The van der Waals surface area contributed by atoms with Gasteiger partial charge in [-0.3, -0.25) is 0 Å². The molecule has 0 amide bonds. The fourth-order valence-electron chi connectivity index (χ4n) is 5.62. The minimum Gasteiger partial charge on any atom is -0.477 e. The van der Waals surface area contributed by atoms with Crippen molar-refractivity contribution in [3.8, 4) is 11.3 Å². The Morgan fingerprint density at radius 3 is 2.64 bits per heavy atom. The first kappa shape index (κ1) is 23.4. The molecule has 2 saturated heterocycles. The van der Waals surface area contributed by atoms with Gasteiger partial charge in [0.25, 0.3) is 0 Å². The summed E-state index contributed by atoms with van der Waals surface area (Å²) >= 11 is 6.34. The number of carboxylic acid groups (broad SMARTS) is 1. The van der Waals surface area contributed by atoms with E-state index in [1.54, 1.807) is 19.1 Å². The van der Waals surface area contributed by atoms with Crippen LogP contribution in [0.2, 0.25) is 5.02 Å². The lowest BCUT2D eigenvalue weighted by Gasteiger charge is -2.39. The van der Waals surface area contributed by atoms with Crippen LogP contribution in [0.15, 0.2) is 28.8 Å². The number of carbonyl (C=O) groups is 1. The second kappa shape index (κ2) is 9.12. The predicted molar refractivity (Wildman–Crippen MR) is 130 cm³/mol. The highest BCUT2D eigenvalue weighted by atomic mass is 35.5. The minimum atomic E-state index is -1.06. The smallest absolute Gasteiger partial charge is 0.354 e. The summed E-state index contributed by atoms with van der Waals surface area (Å²) in [6, 6.07) is 6.41. The van der Waals surface area contributed by atoms with Crippen molar-refractivity contribution in [2.75, 3.05) is 4.90 Å². The number of nitrogens with zero attached hydrogens (tertiary/aromatic N) is 4. The van der Waals surface area contributed by atoms with Crippen molar-refractivity contribution in [1.82, 2.24) is 15.1 Å². The van der Waals surface area contributed by atoms with Crippen molar-refractivity contribution in [1.29, 1.82) is 0 Å². The minimum absolute atomic E-state index is 0.00611. The van der Waals surface area contributed by atoms with Gasteiger partial charge in [-0.2, -0.15) is 0 Å². The van der Waals surface area contributed by atoms with Gasteiger partial charge in [0.05, 0.1) is 23.3 Å². The largest absolute Gasteiger partial charge is 0.477 e. The van der Waals surface area contributed by atoms with E-state index in [0.717, 1.165) is 49.8 Å². The lowest BCUT2D eigenvalue weighted by Crippen LogP contribution is -2.46. The summed E-state index contributed by atoms with van der Waals surface area (Å²) in [6.07, 6.45) is 5.52. The molecule has 3 atom stereocenters. The normalized spacial score (nSPS) is 23.3.